The lowest BCUT2D eigenvalue weighted by molar-refractivity contribution is 0.265. The molecule has 2 aliphatic rings. The number of nitrogens with zero attached hydrogens (tertiary/aromatic N) is 5. The van der Waals surface area contributed by atoms with Crippen molar-refractivity contribution in [3.8, 4) is 0 Å². The Morgan fingerprint density at radius 3 is 2.74 bits per heavy atom. The lowest BCUT2D eigenvalue weighted by atomic mass is 10.1. The molecule has 3 rings (SSSR count). The van der Waals surface area contributed by atoms with Gasteiger partial charge in [0.05, 0.1) is 0 Å². The highest BCUT2D eigenvalue weighted by Crippen LogP contribution is 2.18. The third-order valence-electron chi connectivity index (χ3n) is 5.74. The van der Waals surface area contributed by atoms with Crippen molar-refractivity contribution < 1.29 is 0 Å². The van der Waals surface area contributed by atoms with Crippen LogP contribution in [0.1, 0.15) is 51.7 Å². The Morgan fingerprint density at radius 1 is 1.22 bits per heavy atom. The van der Waals surface area contributed by atoms with E-state index in [-0.39, 0.29) is 24.0 Å². The van der Waals surface area contributed by atoms with Crippen molar-refractivity contribution in [2.75, 3.05) is 26.7 Å². The Kier molecular flexibility index (Phi) is 8.78. The second kappa shape index (κ2) is 10.6. The Hall–Kier alpha value is -0.900. The van der Waals surface area contributed by atoms with Gasteiger partial charge < -0.3 is 15.2 Å². The Bertz CT molecular complexity index is 613. The standard InChI is InChI=1S/C19H35N7.HI/c1-14(2)25-12-15(3)16(13-25)22-19(20-4)21-10-9-18-24-23-17-8-6-5-7-11-26(17)18;/h14-16H,5-13H2,1-4H3,(H2,20,21,22);1H. The third-order valence-corrected chi connectivity index (χ3v) is 5.74. The predicted molar refractivity (Wildman–Crippen MR) is 121 cm³/mol. The molecule has 154 valence electrons. The first kappa shape index (κ1) is 22.4. The SMILES string of the molecule is CN=C(NCCc1nnc2n1CCCCC2)NC1CN(C(C)C)CC1C.I. The molecular weight excluding hydrogens is 453 g/mol. The monoisotopic (exact) mass is 489 g/mol. The van der Waals surface area contributed by atoms with Crippen molar-refractivity contribution in [3.63, 3.8) is 0 Å². The fourth-order valence-corrected chi connectivity index (χ4v) is 4.01. The van der Waals surface area contributed by atoms with Gasteiger partial charge in [0.1, 0.15) is 11.6 Å². The van der Waals surface area contributed by atoms with Crippen LogP contribution in [-0.2, 0) is 19.4 Å². The molecule has 1 saturated heterocycles. The first-order valence-electron chi connectivity index (χ1n) is 10.2. The number of guanidine groups is 1. The molecule has 3 heterocycles. The maximum Gasteiger partial charge on any atom is 0.191 e. The molecule has 0 amide bonds. The molecule has 2 aliphatic heterocycles. The average Bonchev–Trinajstić information content (AvgIpc) is 3.09. The van der Waals surface area contributed by atoms with E-state index in [4.69, 9.17) is 0 Å². The number of fused-ring (bicyclic) bond motifs is 1. The van der Waals surface area contributed by atoms with Gasteiger partial charge in [0.15, 0.2) is 5.96 Å². The number of hydrogen-bond donors (Lipinski definition) is 2. The number of likely N-dealkylation sites (tertiary alicyclic amines) is 1. The van der Waals surface area contributed by atoms with E-state index in [1.807, 2.05) is 7.05 Å². The van der Waals surface area contributed by atoms with Crippen molar-refractivity contribution in [1.82, 2.24) is 30.3 Å². The van der Waals surface area contributed by atoms with Gasteiger partial charge in [-0.1, -0.05) is 13.3 Å². The molecule has 0 saturated carbocycles. The van der Waals surface area contributed by atoms with E-state index in [1.54, 1.807) is 0 Å². The van der Waals surface area contributed by atoms with Crippen molar-refractivity contribution in [2.24, 2.45) is 10.9 Å². The molecule has 0 spiro atoms. The van der Waals surface area contributed by atoms with E-state index < -0.39 is 0 Å². The van der Waals surface area contributed by atoms with Crippen LogP contribution in [0, 0.1) is 5.92 Å². The van der Waals surface area contributed by atoms with Gasteiger partial charge >= 0.3 is 0 Å². The summed E-state index contributed by atoms with van der Waals surface area (Å²) in [6.45, 7) is 11.0. The third kappa shape index (κ3) is 5.79. The zero-order valence-electron chi connectivity index (χ0n) is 17.2. The number of halogens is 1. The minimum absolute atomic E-state index is 0. The molecule has 1 aromatic rings. The molecule has 1 fully saturated rings. The molecule has 0 aliphatic carbocycles. The van der Waals surface area contributed by atoms with Gasteiger partial charge in [-0.05, 0) is 32.6 Å². The van der Waals surface area contributed by atoms with Gasteiger partial charge in [-0.2, -0.15) is 0 Å². The quantitative estimate of drug-likeness (QED) is 0.377. The summed E-state index contributed by atoms with van der Waals surface area (Å²) in [6.07, 6.45) is 5.71. The summed E-state index contributed by atoms with van der Waals surface area (Å²) < 4.78 is 2.32. The van der Waals surface area contributed by atoms with E-state index in [9.17, 15) is 0 Å². The molecule has 0 bridgehead atoms. The van der Waals surface area contributed by atoms with Crippen LogP contribution in [0.2, 0.25) is 0 Å². The van der Waals surface area contributed by atoms with E-state index >= 15 is 0 Å². The molecule has 2 atom stereocenters. The summed E-state index contributed by atoms with van der Waals surface area (Å²) in [6, 6.07) is 1.05. The molecule has 0 radical (unpaired) electrons. The van der Waals surface area contributed by atoms with Gasteiger partial charge in [0.25, 0.3) is 0 Å². The summed E-state index contributed by atoms with van der Waals surface area (Å²) >= 11 is 0. The first-order chi connectivity index (χ1) is 12.6. The lowest BCUT2D eigenvalue weighted by Crippen LogP contribution is -2.47. The van der Waals surface area contributed by atoms with Crippen LogP contribution >= 0.6 is 24.0 Å². The van der Waals surface area contributed by atoms with E-state index in [2.05, 4.69) is 56.1 Å². The number of aryl methyl sites for hydroxylation is 1. The van der Waals surface area contributed by atoms with Crippen LogP contribution in [-0.4, -0.2) is 64.4 Å². The normalized spacial score (nSPS) is 23.7. The number of aromatic nitrogens is 3. The van der Waals surface area contributed by atoms with Gasteiger partial charge in [0.2, 0.25) is 0 Å². The molecule has 8 heteroatoms. The Morgan fingerprint density at radius 2 is 2.04 bits per heavy atom. The summed E-state index contributed by atoms with van der Waals surface area (Å²) in [7, 11) is 1.85. The maximum atomic E-state index is 4.41. The van der Waals surface area contributed by atoms with Gasteiger partial charge in [-0.3, -0.25) is 9.89 Å². The second-order valence-electron chi connectivity index (χ2n) is 8.02. The molecule has 7 nitrogen and oxygen atoms in total. The molecule has 27 heavy (non-hydrogen) atoms. The zero-order valence-corrected chi connectivity index (χ0v) is 19.6. The first-order valence-corrected chi connectivity index (χ1v) is 10.2. The Balaban J connectivity index is 0.00000261. The molecule has 2 unspecified atom stereocenters. The van der Waals surface area contributed by atoms with Crippen LogP contribution < -0.4 is 10.6 Å². The van der Waals surface area contributed by atoms with E-state index in [0.717, 1.165) is 56.6 Å². The van der Waals surface area contributed by atoms with Crippen molar-refractivity contribution >= 4 is 29.9 Å². The van der Waals surface area contributed by atoms with Crippen molar-refractivity contribution in [1.29, 1.82) is 0 Å². The summed E-state index contributed by atoms with van der Waals surface area (Å²) in [5.41, 5.74) is 0. The number of rotatable bonds is 5. The molecule has 0 aromatic carbocycles. The number of hydrogen-bond acceptors (Lipinski definition) is 4. The Labute approximate surface area is 180 Å². The summed E-state index contributed by atoms with van der Waals surface area (Å²) in [4.78, 5) is 6.94. The second-order valence-corrected chi connectivity index (χ2v) is 8.02. The average molecular weight is 489 g/mol. The smallest absolute Gasteiger partial charge is 0.191 e. The lowest BCUT2D eigenvalue weighted by Gasteiger charge is -2.22. The van der Waals surface area contributed by atoms with Gasteiger partial charge in [-0.25, -0.2) is 0 Å². The van der Waals surface area contributed by atoms with Gasteiger partial charge in [-0.15, -0.1) is 34.2 Å². The van der Waals surface area contributed by atoms with Crippen molar-refractivity contribution in [2.45, 2.75) is 71.5 Å². The highest BCUT2D eigenvalue weighted by Gasteiger charge is 2.31. The molecule has 1 aromatic heterocycles. The number of aliphatic imine (C=N–C) groups is 1. The minimum atomic E-state index is 0. The topological polar surface area (TPSA) is 70.4 Å². The van der Waals surface area contributed by atoms with Gasteiger partial charge in [0, 0.05) is 58.2 Å². The fraction of sp³-hybridized carbons (Fsp3) is 0.842. The minimum Gasteiger partial charge on any atom is -0.356 e. The van der Waals surface area contributed by atoms with E-state index in [0.29, 0.717) is 18.0 Å². The van der Waals surface area contributed by atoms with E-state index in [1.165, 1.54) is 19.3 Å². The number of nitrogens with one attached hydrogen (secondary N) is 2. The highest BCUT2D eigenvalue weighted by atomic mass is 127. The summed E-state index contributed by atoms with van der Waals surface area (Å²) in [5.74, 6) is 3.78. The van der Waals surface area contributed by atoms with Crippen LogP contribution in [0.4, 0.5) is 0 Å². The molecular formula is C19H36IN7. The van der Waals surface area contributed by atoms with Crippen LogP contribution in [0.15, 0.2) is 4.99 Å². The van der Waals surface area contributed by atoms with Crippen LogP contribution in [0.5, 0.6) is 0 Å². The fourth-order valence-electron chi connectivity index (χ4n) is 4.01. The van der Waals surface area contributed by atoms with Crippen LogP contribution in [0.3, 0.4) is 0 Å². The largest absolute Gasteiger partial charge is 0.356 e. The van der Waals surface area contributed by atoms with Crippen molar-refractivity contribution in [3.05, 3.63) is 11.6 Å². The predicted octanol–water partition coefficient (Wildman–Crippen LogP) is 2.06. The van der Waals surface area contributed by atoms with Crippen LogP contribution in [0.25, 0.3) is 0 Å². The highest BCUT2D eigenvalue weighted by molar-refractivity contribution is 14.0. The zero-order chi connectivity index (χ0) is 18.5. The molecule has 2 N–H and O–H groups in total. The maximum absolute atomic E-state index is 4.41. The summed E-state index contributed by atoms with van der Waals surface area (Å²) in [5, 5.41) is 15.9.